The minimum atomic E-state index is -0.233. The third-order valence-corrected chi connectivity index (χ3v) is 4.21. The molecule has 5 nitrogen and oxygen atoms in total. The predicted molar refractivity (Wildman–Crippen MR) is 104 cm³/mol. The largest absolute Gasteiger partial charge is 0.507 e. The number of unbranched alkanes of at least 4 members (excludes halogenated alkanes) is 2. The number of aliphatic imine (C=N–C) groups is 1. The lowest BCUT2D eigenvalue weighted by Crippen LogP contribution is -2.15. The highest BCUT2D eigenvalue weighted by molar-refractivity contribution is 6.27. The van der Waals surface area contributed by atoms with Crippen LogP contribution in [0, 0.1) is 0 Å². The fourth-order valence-electron chi connectivity index (χ4n) is 2.85. The normalized spacial score (nSPS) is 14.5. The Morgan fingerprint density at radius 3 is 2.54 bits per heavy atom. The van der Waals surface area contributed by atoms with Gasteiger partial charge in [0.05, 0.1) is 29.1 Å². The van der Waals surface area contributed by atoms with Gasteiger partial charge in [-0.25, -0.2) is 4.99 Å². The Hall–Kier alpha value is -3.08. The van der Waals surface area contributed by atoms with Crippen molar-refractivity contribution in [1.82, 2.24) is 0 Å². The molecule has 2 aromatic rings. The van der Waals surface area contributed by atoms with Crippen molar-refractivity contribution in [2.75, 3.05) is 12.3 Å². The molecule has 0 radical (unpaired) electrons. The molecule has 0 unspecified atom stereocenters. The molecule has 2 aromatic carbocycles. The summed E-state index contributed by atoms with van der Waals surface area (Å²) in [6.45, 7) is 2.86. The summed E-state index contributed by atoms with van der Waals surface area (Å²) >= 11 is 0. The monoisotopic (exact) mass is 350 g/mol. The van der Waals surface area contributed by atoms with Gasteiger partial charge in [-0.2, -0.15) is 0 Å². The number of nitrogens with zero attached hydrogens (tertiary/aromatic N) is 1. The lowest BCUT2D eigenvalue weighted by Gasteiger charge is -2.16. The van der Waals surface area contributed by atoms with E-state index in [1.54, 1.807) is 6.08 Å². The molecular weight excluding hydrogens is 328 g/mol. The van der Waals surface area contributed by atoms with Crippen LogP contribution in [0.3, 0.4) is 0 Å². The van der Waals surface area contributed by atoms with Crippen molar-refractivity contribution in [3.63, 3.8) is 0 Å². The number of ether oxygens (including phenoxy) is 1. The average Bonchev–Trinajstić information content (AvgIpc) is 2.65. The van der Waals surface area contributed by atoms with E-state index >= 15 is 0 Å². The number of aromatic hydroxyl groups is 1. The molecule has 0 amide bonds. The van der Waals surface area contributed by atoms with Gasteiger partial charge in [-0.1, -0.05) is 19.8 Å². The first-order valence-corrected chi connectivity index (χ1v) is 8.76. The number of nitrogen functional groups attached to an aromatic ring is 1. The van der Waals surface area contributed by atoms with Gasteiger partial charge in [0, 0.05) is 5.69 Å². The molecule has 0 saturated heterocycles. The summed E-state index contributed by atoms with van der Waals surface area (Å²) in [6, 6.07) is 10.4. The number of carbonyl (C=O) groups is 1. The van der Waals surface area contributed by atoms with E-state index in [9.17, 15) is 9.90 Å². The number of benzene rings is 2. The van der Waals surface area contributed by atoms with E-state index in [1.807, 2.05) is 24.3 Å². The number of anilines is 1. The summed E-state index contributed by atoms with van der Waals surface area (Å²) in [5, 5.41) is 10.2. The van der Waals surface area contributed by atoms with Crippen LogP contribution in [-0.4, -0.2) is 23.2 Å². The predicted octanol–water partition coefficient (Wildman–Crippen LogP) is 4.42. The second-order valence-corrected chi connectivity index (χ2v) is 6.17. The highest BCUT2D eigenvalue weighted by Crippen LogP contribution is 2.32. The lowest BCUT2D eigenvalue weighted by molar-refractivity contribution is 0.104. The van der Waals surface area contributed by atoms with Crippen LogP contribution in [0.1, 0.15) is 42.1 Å². The maximum absolute atomic E-state index is 12.1. The first-order valence-electron chi connectivity index (χ1n) is 8.76. The summed E-state index contributed by atoms with van der Waals surface area (Å²) in [5.74, 6) is 0.552. The minimum absolute atomic E-state index is 0.0125. The first kappa shape index (κ1) is 17.7. The van der Waals surface area contributed by atoms with Crippen molar-refractivity contribution >= 4 is 22.9 Å². The summed E-state index contributed by atoms with van der Waals surface area (Å²) in [5.41, 5.74) is 8.10. The number of ketones is 1. The molecule has 5 heteroatoms. The van der Waals surface area contributed by atoms with Crippen LogP contribution < -0.4 is 10.5 Å². The zero-order valence-corrected chi connectivity index (χ0v) is 14.7. The number of allylic oxidation sites excluding steroid dienone is 2. The van der Waals surface area contributed by atoms with Crippen molar-refractivity contribution < 1.29 is 14.6 Å². The molecule has 0 fully saturated rings. The number of phenolic OH excluding ortho intramolecular Hbond substituents is 1. The molecule has 0 atom stereocenters. The zero-order chi connectivity index (χ0) is 18.5. The van der Waals surface area contributed by atoms with Crippen molar-refractivity contribution in [2.24, 2.45) is 4.99 Å². The van der Waals surface area contributed by atoms with Gasteiger partial charge in [0.1, 0.15) is 11.5 Å². The van der Waals surface area contributed by atoms with Gasteiger partial charge in [-0.3, -0.25) is 4.79 Å². The van der Waals surface area contributed by atoms with Gasteiger partial charge < -0.3 is 15.6 Å². The van der Waals surface area contributed by atoms with Crippen LogP contribution in [0.2, 0.25) is 0 Å². The number of hydrogen-bond donors (Lipinski definition) is 2. The Morgan fingerprint density at radius 2 is 1.81 bits per heavy atom. The van der Waals surface area contributed by atoms with Crippen LogP contribution >= 0.6 is 0 Å². The number of fused-ring (bicyclic) bond motifs is 1. The van der Waals surface area contributed by atoms with E-state index in [0.29, 0.717) is 34.8 Å². The molecule has 0 spiro atoms. The van der Waals surface area contributed by atoms with Crippen molar-refractivity contribution in [2.45, 2.75) is 26.2 Å². The Labute approximate surface area is 152 Å². The van der Waals surface area contributed by atoms with E-state index in [1.165, 1.54) is 18.2 Å². The molecule has 3 N–H and O–H groups in total. The molecule has 1 aliphatic rings. The van der Waals surface area contributed by atoms with E-state index in [2.05, 4.69) is 11.9 Å². The SMILES string of the molecule is CCCCCOc1ccc(N=C2C=CC(=O)c3c(N)ccc(O)c32)cc1. The van der Waals surface area contributed by atoms with Gasteiger partial charge in [0.25, 0.3) is 0 Å². The molecule has 26 heavy (non-hydrogen) atoms. The van der Waals surface area contributed by atoms with E-state index in [-0.39, 0.29) is 11.5 Å². The molecule has 3 rings (SSSR count). The highest BCUT2D eigenvalue weighted by atomic mass is 16.5. The number of phenols is 1. The molecular formula is C21H22N2O3. The zero-order valence-electron chi connectivity index (χ0n) is 14.7. The van der Waals surface area contributed by atoms with E-state index < -0.39 is 0 Å². The van der Waals surface area contributed by atoms with E-state index in [0.717, 1.165) is 25.0 Å². The van der Waals surface area contributed by atoms with Crippen molar-refractivity contribution in [3.05, 3.63) is 59.7 Å². The molecule has 0 saturated carbocycles. The van der Waals surface area contributed by atoms with Crippen LogP contribution in [0.25, 0.3) is 0 Å². The molecule has 0 bridgehead atoms. The lowest BCUT2D eigenvalue weighted by atomic mass is 9.92. The van der Waals surface area contributed by atoms with Gasteiger partial charge in [0.2, 0.25) is 0 Å². The summed E-state index contributed by atoms with van der Waals surface area (Å²) < 4.78 is 5.69. The Bertz CT molecular complexity index is 868. The number of nitrogens with two attached hydrogens (primary N) is 1. The Kier molecular flexibility index (Phi) is 5.37. The number of carbonyl (C=O) groups excluding carboxylic acids is 1. The Morgan fingerprint density at radius 1 is 1.04 bits per heavy atom. The fourth-order valence-corrected chi connectivity index (χ4v) is 2.85. The quantitative estimate of drug-likeness (QED) is 0.459. The van der Waals surface area contributed by atoms with Crippen molar-refractivity contribution in [1.29, 1.82) is 0 Å². The summed E-state index contributed by atoms with van der Waals surface area (Å²) in [4.78, 5) is 16.7. The molecule has 1 aliphatic carbocycles. The van der Waals surface area contributed by atoms with Crippen LogP contribution in [0.15, 0.2) is 53.5 Å². The van der Waals surface area contributed by atoms with Crippen LogP contribution in [-0.2, 0) is 0 Å². The average molecular weight is 350 g/mol. The number of rotatable bonds is 6. The second kappa shape index (κ2) is 7.87. The van der Waals surface area contributed by atoms with Crippen LogP contribution in [0.4, 0.5) is 11.4 Å². The highest BCUT2D eigenvalue weighted by Gasteiger charge is 2.23. The third kappa shape index (κ3) is 3.77. The first-order chi connectivity index (χ1) is 12.6. The smallest absolute Gasteiger partial charge is 0.188 e. The van der Waals surface area contributed by atoms with Gasteiger partial charge >= 0.3 is 0 Å². The summed E-state index contributed by atoms with van der Waals surface area (Å²) in [7, 11) is 0. The standard InChI is InChI=1S/C21H22N2O3/c1-2-3-4-13-26-15-7-5-14(6-8-15)23-17-10-12-18(24)20-16(22)9-11-19(25)21(17)20/h5-12,25H,2-4,13,22H2,1H3. The van der Waals surface area contributed by atoms with Gasteiger partial charge in [-0.05, 0) is 55.0 Å². The molecule has 0 aromatic heterocycles. The molecule has 0 aliphatic heterocycles. The summed E-state index contributed by atoms with van der Waals surface area (Å²) in [6.07, 6.45) is 6.37. The maximum Gasteiger partial charge on any atom is 0.188 e. The molecule has 0 heterocycles. The topological polar surface area (TPSA) is 84.9 Å². The van der Waals surface area contributed by atoms with Crippen molar-refractivity contribution in [3.8, 4) is 11.5 Å². The third-order valence-electron chi connectivity index (χ3n) is 4.21. The number of hydrogen-bond acceptors (Lipinski definition) is 5. The molecule has 134 valence electrons. The van der Waals surface area contributed by atoms with Gasteiger partial charge in [-0.15, -0.1) is 0 Å². The van der Waals surface area contributed by atoms with Crippen LogP contribution in [0.5, 0.6) is 11.5 Å². The minimum Gasteiger partial charge on any atom is -0.507 e. The maximum atomic E-state index is 12.1. The Balaban J connectivity index is 1.84. The van der Waals surface area contributed by atoms with Gasteiger partial charge in [0.15, 0.2) is 5.78 Å². The fraction of sp³-hybridized carbons (Fsp3) is 0.238. The second-order valence-electron chi connectivity index (χ2n) is 6.17. The van der Waals surface area contributed by atoms with E-state index in [4.69, 9.17) is 10.5 Å².